The van der Waals surface area contributed by atoms with Crippen LogP contribution in [0.2, 0.25) is 5.02 Å². The molecular formula is C24H24ClN3O4S. The fourth-order valence-electron chi connectivity index (χ4n) is 3.14. The summed E-state index contributed by atoms with van der Waals surface area (Å²) in [5.74, 6) is -0.730. The van der Waals surface area contributed by atoms with Crippen molar-refractivity contribution < 1.29 is 18.0 Å². The molecule has 0 heterocycles. The van der Waals surface area contributed by atoms with Crippen molar-refractivity contribution in [1.82, 2.24) is 9.62 Å². The van der Waals surface area contributed by atoms with Crippen molar-refractivity contribution in [3.05, 3.63) is 95.0 Å². The van der Waals surface area contributed by atoms with Crippen molar-refractivity contribution in [3.8, 4) is 0 Å². The number of hydrogen-bond acceptors (Lipinski definition) is 4. The van der Waals surface area contributed by atoms with Gasteiger partial charge in [0.15, 0.2) is 0 Å². The van der Waals surface area contributed by atoms with Crippen molar-refractivity contribution in [3.63, 3.8) is 0 Å². The molecule has 0 saturated carbocycles. The number of halogens is 1. The van der Waals surface area contributed by atoms with Crippen LogP contribution in [0.4, 0.5) is 5.69 Å². The first-order chi connectivity index (χ1) is 15.7. The molecule has 2 amide bonds. The van der Waals surface area contributed by atoms with Gasteiger partial charge in [-0.2, -0.15) is 0 Å². The summed E-state index contributed by atoms with van der Waals surface area (Å²) < 4.78 is 25.5. The average Bonchev–Trinajstić information content (AvgIpc) is 2.79. The molecule has 33 heavy (non-hydrogen) atoms. The summed E-state index contributed by atoms with van der Waals surface area (Å²) in [5.41, 5.74) is 1.53. The SMILES string of the molecule is CN(C)S(=O)(=O)c1ccc(NC(=O)C[C@@H](NC(=O)c2ccccc2Cl)c2ccccc2)cc1. The van der Waals surface area contributed by atoms with E-state index in [4.69, 9.17) is 11.6 Å². The summed E-state index contributed by atoms with van der Waals surface area (Å²) in [6.07, 6.45) is -0.0298. The van der Waals surface area contributed by atoms with Crippen molar-refractivity contribution in [2.24, 2.45) is 0 Å². The maximum absolute atomic E-state index is 12.8. The van der Waals surface area contributed by atoms with E-state index in [1.54, 1.807) is 24.3 Å². The molecule has 0 bridgehead atoms. The Morgan fingerprint density at radius 1 is 0.909 bits per heavy atom. The van der Waals surface area contributed by atoms with Crippen molar-refractivity contribution in [2.75, 3.05) is 19.4 Å². The van der Waals surface area contributed by atoms with Gasteiger partial charge in [0.25, 0.3) is 5.91 Å². The first-order valence-electron chi connectivity index (χ1n) is 10.1. The van der Waals surface area contributed by atoms with Gasteiger partial charge in [0.1, 0.15) is 0 Å². The lowest BCUT2D eigenvalue weighted by Crippen LogP contribution is -2.31. The molecule has 3 aromatic rings. The van der Waals surface area contributed by atoms with Gasteiger partial charge in [-0.15, -0.1) is 0 Å². The van der Waals surface area contributed by atoms with Gasteiger partial charge >= 0.3 is 0 Å². The fourth-order valence-corrected chi connectivity index (χ4v) is 4.26. The molecule has 0 spiro atoms. The minimum atomic E-state index is -3.56. The van der Waals surface area contributed by atoms with E-state index in [0.717, 1.165) is 9.87 Å². The van der Waals surface area contributed by atoms with E-state index in [1.165, 1.54) is 38.4 Å². The molecule has 7 nitrogen and oxygen atoms in total. The van der Waals surface area contributed by atoms with E-state index in [-0.39, 0.29) is 23.1 Å². The molecule has 0 fully saturated rings. The Labute approximate surface area is 198 Å². The lowest BCUT2D eigenvalue weighted by molar-refractivity contribution is -0.116. The van der Waals surface area contributed by atoms with Crippen LogP contribution in [0.1, 0.15) is 28.4 Å². The summed E-state index contributed by atoms with van der Waals surface area (Å²) in [6.45, 7) is 0. The average molecular weight is 486 g/mol. The first-order valence-corrected chi connectivity index (χ1v) is 11.9. The van der Waals surface area contributed by atoms with Crippen LogP contribution in [0, 0.1) is 0 Å². The molecule has 0 aliphatic carbocycles. The lowest BCUT2D eigenvalue weighted by atomic mass is 10.0. The fraction of sp³-hybridized carbons (Fsp3) is 0.167. The van der Waals surface area contributed by atoms with E-state index >= 15 is 0 Å². The van der Waals surface area contributed by atoms with Crippen molar-refractivity contribution in [2.45, 2.75) is 17.4 Å². The maximum Gasteiger partial charge on any atom is 0.253 e. The zero-order valence-corrected chi connectivity index (χ0v) is 19.7. The van der Waals surface area contributed by atoms with Gasteiger partial charge in [-0.25, -0.2) is 12.7 Å². The van der Waals surface area contributed by atoms with Gasteiger partial charge in [0.2, 0.25) is 15.9 Å². The largest absolute Gasteiger partial charge is 0.345 e. The minimum absolute atomic E-state index is 0.0298. The number of rotatable bonds is 8. The van der Waals surface area contributed by atoms with Gasteiger partial charge in [0.05, 0.1) is 27.9 Å². The molecule has 3 aromatic carbocycles. The van der Waals surface area contributed by atoms with Crippen LogP contribution in [0.5, 0.6) is 0 Å². The molecule has 0 radical (unpaired) electrons. The predicted octanol–water partition coefficient (Wildman–Crippen LogP) is 4.09. The predicted molar refractivity (Wildman–Crippen MR) is 129 cm³/mol. The molecule has 0 aliphatic rings. The summed E-state index contributed by atoms with van der Waals surface area (Å²) in [5, 5.41) is 5.95. The Hall–Kier alpha value is -3.20. The van der Waals surface area contributed by atoms with Crippen molar-refractivity contribution in [1.29, 1.82) is 0 Å². The second-order valence-electron chi connectivity index (χ2n) is 7.48. The van der Waals surface area contributed by atoms with Crippen LogP contribution in [-0.2, 0) is 14.8 Å². The maximum atomic E-state index is 12.8. The van der Waals surface area contributed by atoms with Crippen LogP contribution in [0.15, 0.2) is 83.8 Å². The number of nitrogens with zero attached hydrogens (tertiary/aromatic N) is 1. The van der Waals surface area contributed by atoms with Gasteiger partial charge in [-0.1, -0.05) is 54.1 Å². The Morgan fingerprint density at radius 3 is 2.12 bits per heavy atom. The standard InChI is InChI=1S/C24H24ClN3O4S/c1-28(2)33(31,32)19-14-12-18(13-15-19)26-23(29)16-22(17-8-4-3-5-9-17)27-24(30)20-10-6-7-11-21(20)25/h3-15,22H,16H2,1-2H3,(H,26,29)(H,27,30)/t22-/m1/s1. The molecule has 0 saturated heterocycles. The normalized spacial score (nSPS) is 12.2. The highest BCUT2D eigenvalue weighted by Gasteiger charge is 2.21. The van der Waals surface area contributed by atoms with E-state index in [0.29, 0.717) is 16.3 Å². The first kappa shape index (κ1) is 24.4. The number of carbonyl (C=O) groups excluding carboxylic acids is 2. The highest BCUT2D eigenvalue weighted by atomic mass is 35.5. The summed E-state index contributed by atoms with van der Waals surface area (Å²) in [6, 6.07) is 21.1. The third-order valence-electron chi connectivity index (χ3n) is 4.93. The zero-order chi connectivity index (χ0) is 24.0. The Morgan fingerprint density at radius 2 is 1.52 bits per heavy atom. The molecule has 0 aromatic heterocycles. The third kappa shape index (κ3) is 6.19. The number of carbonyl (C=O) groups is 2. The summed E-state index contributed by atoms with van der Waals surface area (Å²) in [4.78, 5) is 25.7. The molecule has 9 heteroatoms. The molecule has 1 atom stereocenters. The number of sulfonamides is 1. The van der Waals surface area contributed by atoms with E-state index < -0.39 is 16.1 Å². The van der Waals surface area contributed by atoms with Crippen LogP contribution < -0.4 is 10.6 Å². The van der Waals surface area contributed by atoms with E-state index in [2.05, 4.69) is 10.6 Å². The van der Waals surface area contributed by atoms with E-state index in [1.807, 2.05) is 30.3 Å². The van der Waals surface area contributed by atoms with Crippen LogP contribution in [0.3, 0.4) is 0 Å². The number of nitrogens with one attached hydrogen (secondary N) is 2. The van der Waals surface area contributed by atoms with Crippen molar-refractivity contribution >= 4 is 39.1 Å². The zero-order valence-electron chi connectivity index (χ0n) is 18.2. The smallest absolute Gasteiger partial charge is 0.253 e. The highest BCUT2D eigenvalue weighted by Crippen LogP contribution is 2.22. The second-order valence-corrected chi connectivity index (χ2v) is 10.0. The molecule has 0 unspecified atom stereocenters. The van der Waals surface area contributed by atoms with Gasteiger partial charge in [0, 0.05) is 19.8 Å². The van der Waals surface area contributed by atoms with Crippen LogP contribution in [0.25, 0.3) is 0 Å². The molecule has 0 aliphatic heterocycles. The Bertz CT molecular complexity index is 1230. The molecule has 2 N–H and O–H groups in total. The highest BCUT2D eigenvalue weighted by molar-refractivity contribution is 7.89. The van der Waals surface area contributed by atoms with Gasteiger partial charge in [-0.05, 0) is 42.0 Å². The topological polar surface area (TPSA) is 95.6 Å². The van der Waals surface area contributed by atoms with Gasteiger partial charge in [-0.3, -0.25) is 9.59 Å². The lowest BCUT2D eigenvalue weighted by Gasteiger charge is -2.19. The van der Waals surface area contributed by atoms with Crippen LogP contribution >= 0.6 is 11.6 Å². The minimum Gasteiger partial charge on any atom is -0.345 e. The second kappa shape index (κ2) is 10.6. The number of amides is 2. The number of benzene rings is 3. The number of hydrogen-bond donors (Lipinski definition) is 2. The van der Waals surface area contributed by atoms with Gasteiger partial charge < -0.3 is 10.6 Å². The molecule has 3 rings (SSSR count). The van der Waals surface area contributed by atoms with Crippen LogP contribution in [-0.4, -0.2) is 38.6 Å². The third-order valence-corrected chi connectivity index (χ3v) is 7.09. The monoisotopic (exact) mass is 485 g/mol. The summed E-state index contributed by atoms with van der Waals surface area (Å²) in [7, 11) is -0.658. The Kier molecular flexibility index (Phi) is 7.86. The summed E-state index contributed by atoms with van der Waals surface area (Å²) >= 11 is 6.14. The quantitative estimate of drug-likeness (QED) is 0.502. The van der Waals surface area contributed by atoms with E-state index in [9.17, 15) is 18.0 Å². The molecule has 172 valence electrons. The molecular weight excluding hydrogens is 462 g/mol. The number of anilines is 1. The Balaban J connectivity index is 1.74.